The zero-order valence-electron chi connectivity index (χ0n) is 22.5. The maximum Gasteiger partial charge on any atom is 0.145 e. The topological polar surface area (TPSA) is 74.6 Å². The zero-order chi connectivity index (χ0) is 27.2. The molecule has 6 heteroatoms. The van der Waals surface area contributed by atoms with Crippen LogP contribution < -0.4 is 0 Å². The SMILES string of the molecule is CC(C)CC(=O)CCC/C=C\C[C@H]1C(=O)C(C)(C)[C@@H](O)[C@@H]1/C=C/[C@H](O)CCc1sc2ccccc2c1Cl. The van der Waals surface area contributed by atoms with Crippen LogP contribution in [0.4, 0.5) is 0 Å². The Bertz CT molecular complexity index is 1130. The normalized spacial score (nSPS) is 22.7. The number of unbranched alkanes of at least 4 members (excludes halogenated alkanes) is 1. The number of ketones is 2. The van der Waals surface area contributed by atoms with E-state index in [1.165, 1.54) is 0 Å². The molecule has 1 aliphatic rings. The van der Waals surface area contributed by atoms with E-state index in [-0.39, 0.29) is 17.6 Å². The third-order valence-electron chi connectivity index (χ3n) is 7.38. The number of hydrogen-bond donors (Lipinski definition) is 2. The molecule has 1 aliphatic carbocycles. The summed E-state index contributed by atoms with van der Waals surface area (Å²) >= 11 is 8.19. The number of fused-ring (bicyclic) bond motifs is 1. The van der Waals surface area contributed by atoms with Crippen LogP contribution in [0.15, 0.2) is 48.6 Å². The molecule has 2 N–H and O–H groups in total. The summed E-state index contributed by atoms with van der Waals surface area (Å²) in [5, 5.41) is 23.4. The predicted octanol–water partition coefficient (Wildman–Crippen LogP) is 7.34. The highest BCUT2D eigenvalue weighted by Gasteiger charge is 2.52. The first-order chi connectivity index (χ1) is 17.5. The minimum atomic E-state index is -0.827. The van der Waals surface area contributed by atoms with Crippen molar-refractivity contribution in [2.75, 3.05) is 0 Å². The first-order valence-electron chi connectivity index (χ1n) is 13.4. The van der Waals surface area contributed by atoms with Gasteiger partial charge in [0.05, 0.1) is 22.6 Å². The number of carbonyl (C=O) groups is 2. The van der Waals surface area contributed by atoms with Crippen LogP contribution in [0.25, 0.3) is 10.1 Å². The fraction of sp³-hybridized carbons (Fsp3) is 0.548. The summed E-state index contributed by atoms with van der Waals surface area (Å²) < 4.78 is 1.14. The second-order valence-corrected chi connectivity index (χ2v) is 12.8. The van der Waals surface area contributed by atoms with Crippen molar-refractivity contribution in [3.05, 3.63) is 58.5 Å². The van der Waals surface area contributed by atoms with Crippen LogP contribution in [0.2, 0.25) is 5.02 Å². The van der Waals surface area contributed by atoms with Gasteiger partial charge in [0.25, 0.3) is 0 Å². The fourth-order valence-electron chi connectivity index (χ4n) is 5.20. The number of halogens is 1. The molecule has 4 atom stereocenters. The van der Waals surface area contributed by atoms with Crippen LogP contribution in [-0.4, -0.2) is 34.0 Å². The third-order valence-corrected chi connectivity index (χ3v) is 9.16. The lowest BCUT2D eigenvalue weighted by Gasteiger charge is -2.22. The lowest BCUT2D eigenvalue weighted by Crippen LogP contribution is -2.31. The van der Waals surface area contributed by atoms with Crippen molar-refractivity contribution in [1.82, 2.24) is 0 Å². The minimum absolute atomic E-state index is 0.0537. The highest BCUT2D eigenvalue weighted by molar-refractivity contribution is 7.19. The van der Waals surface area contributed by atoms with E-state index in [1.54, 1.807) is 31.3 Å². The van der Waals surface area contributed by atoms with Crippen molar-refractivity contribution in [2.24, 2.45) is 23.2 Å². The van der Waals surface area contributed by atoms with Crippen molar-refractivity contribution >= 4 is 44.6 Å². The Hall–Kier alpha value is -1.79. The van der Waals surface area contributed by atoms with Crippen molar-refractivity contribution in [3.63, 3.8) is 0 Å². The Morgan fingerprint density at radius 1 is 1.22 bits per heavy atom. The van der Waals surface area contributed by atoms with Gasteiger partial charge in [0.1, 0.15) is 11.6 Å². The molecule has 1 saturated carbocycles. The summed E-state index contributed by atoms with van der Waals surface area (Å²) in [4.78, 5) is 26.0. The van der Waals surface area contributed by atoms with Crippen LogP contribution in [0.1, 0.15) is 71.1 Å². The number of benzene rings is 1. The second-order valence-electron chi connectivity index (χ2n) is 11.3. The molecule has 1 aromatic carbocycles. The molecule has 0 amide bonds. The second kappa shape index (κ2) is 13.3. The maximum absolute atomic E-state index is 13.1. The van der Waals surface area contributed by atoms with Gasteiger partial charge in [-0.1, -0.05) is 81.8 Å². The Morgan fingerprint density at radius 3 is 2.65 bits per heavy atom. The van der Waals surface area contributed by atoms with Gasteiger partial charge in [0.15, 0.2) is 0 Å². The highest BCUT2D eigenvalue weighted by atomic mass is 35.5. The first-order valence-corrected chi connectivity index (χ1v) is 14.6. The monoisotopic (exact) mass is 544 g/mol. The number of aliphatic hydroxyl groups is 2. The van der Waals surface area contributed by atoms with Crippen molar-refractivity contribution in [1.29, 1.82) is 0 Å². The van der Waals surface area contributed by atoms with Gasteiger partial charge in [-0.2, -0.15) is 0 Å². The Morgan fingerprint density at radius 2 is 1.95 bits per heavy atom. The first kappa shape index (κ1) is 29.8. The van der Waals surface area contributed by atoms with Gasteiger partial charge < -0.3 is 10.2 Å². The van der Waals surface area contributed by atoms with Crippen molar-refractivity contribution in [2.45, 2.75) is 84.8 Å². The van der Waals surface area contributed by atoms with Gasteiger partial charge in [0.2, 0.25) is 0 Å². The average molecular weight is 545 g/mol. The van der Waals surface area contributed by atoms with E-state index in [2.05, 4.69) is 13.8 Å². The molecule has 1 fully saturated rings. The minimum Gasteiger partial charge on any atom is -0.391 e. The van der Waals surface area contributed by atoms with Gasteiger partial charge in [-0.25, -0.2) is 0 Å². The molecule has 0 radical (unpaired) electrons. The van der Waals surface area contributed by atoms with Gasteiger partial charge in [-0.3, -0.25) is 9.59 Å². The summed E-state index contributed by atoms with van der Waals surface area (Å²) in [6, 6.07) is 8.02. The molecular formula is C31H41ClO4S. The molecule has 2 aromatic rings. The standard InChI is InChI=1S/C31H41ClO4S/c1-20(2)19-22(34)11-7-5-6-8-12-23-24(30(36)31(3,4)29(23)35)17-15-21(33)16-18-27-28(32)25-13-9-10-14-26(25)37-27/h6,8-10,13-15,17,20-21,23-24,30,33,36H,5,7,11-12,16,18-19H2,1-4H3/b8-6-,17-15+/t21-,23+,24+,30-/m0/s1. The molecule has 0 aliphatic heterocycles. The molecule has 1 heterocycles. The molecule has 0 bridgehead atoms. The third kappa shape index (κ3) is 7.63. The van der Waals surface area contributed by atoms with Crippen molar-refractivity contribution < 1.29 is 19.8 Å². The van der Waals surface area contributed by atoms with Gasteiger partial charge >= 0.3 is 0 Å². The molecular weight excluding hydrogens is 504 g/mol. The Kier molecular flexibility index (Phi) is 10.7. The summed E-state index contributed by atoms with van der Waals surface area (Å²) in [6.45, 7) is 7.70. The molecule has 37 heavy (non-hydrogen) atoms. The lowest BCUT2D eigenvalue weighted by atomic mass is 9.86. The Labute approximate surface area is 230 Å². The Balaban J connectivity index is 1.55. The number of allylic oxidation sites excluding steroid dienone is 2. The average Bonchev–Trinajstić information content (AvgIpc) is 3.25. The van der Waals surface area contributed by atoms with Gasteiger partial charge in [-0.05, 0) is 44.1 Å². The number of hydrogen-bond acceptors (Lipinski definition) is 5. The van der Waals surface area contributed by atoms with E-state index < -0.39 is 17.6 Å². The van der Waals surface area contributed by atoms with Crippen LogP contribution >= 0.6 is 22.9 Å². The van der Waals surface area contributed by atoms with E-state index in [0.717, 1.165) is 32.8 Å². The smallest absolute Gasteiger partial charge is 0.145 e. The highest BCUT2D eigenvalue weighted by Crippen LogP contribution is 2.45. The molecule has 0 spiro atoms. The van der Waals surface area contributed by atoms with Gasteiger partial charge in [0, 0.05) is 39.6 Å². The number of Topliss-reactive ketones (excluding diaryl/α,β-unsaturated/α-hetero) is 2. The molecule has 1 aromatic heterocycles. The van der Waals surface area contributed by atoms with Crippen molar-refractivity contribution in [3.8, 4) is 0 Å². The molecule has 4 nitrogen and oxygen atoms in total. The molecule has 0 saturated heterocycles. The van der Waals surface area contributed by atoms with Crippen LogP contribution in [-0.2, 0) is 16.0 Å². The van der Waals surface area contributed by atoms with Crippen LogP contribution in [0, 0.1) is 23.2 Å². The van der Waals surface area contributed by atoms with Crippen LogP contribution in [0.5, 0.6) is 0 Å². The number of rotatable bonds is 13. The summed E-state index contributed by atoms with van der Waals surface area (Å²) in [6.07, 6.45) is 10.7. The molecule has 3 rings (SSSR count). The molecule has 202 valence electrons. The largest absolute Gasteiger partial charge is 0.391 e. The van der Waals surface area contributed by atoms with Gasteiger partial charge in [-0.15, -0.1) is 11.3 Å². The summed E-state index contributed by atoms with van der Waals surface area (Å²) in [5.41, 5.74) is -0.827. The quantitative estimate of drug-likeness (QED) is 0.204. The van der Waals surface area contributed by atoms with E-state index in [9.17, 15) is 19.8 Å². The number of thiophene rings is 1. The van der Waals surface area contributed by atoms with E-state index in [1.807, 2.05) is 42.5 Å². The number of aliphatic hydroxyl groups excluding tert-OH is 2. The summed E-state index contributed by atoms with van der Waals surface area (Å²) in [5.74, 6) is 0.0746. The number of aryl methyl sites for hydroxylation is 1. The predicted molar refractivity (Wildman–Crippen MR) is 154 cm³/mol. The maximum atomic E-state index is 13.1. The van der Waals surface area contributed by atoms with Crippen LogP contribution in [0.3, 0.4) is 0 Å². The van der Waals surface area contributed by atoms with E-state index >= 15 is 0 Å². The summed E-state index contributed by atoms with van der Waals surface area (Å²) in [7, 11) is 0. The van der Waals surface area contributed by atoms with E-state index in [4.69, 9.17) is 11.6 Å². The van der Waals surface area contributed by atoms with E-state index in [0.29, 0.717) is 43.8 Å². The molecule has 0 unspecified atom stereocenters. The lowest BCUT2D eigenvalue weighted by molar-refractivity contribution is -0.129. The zero-order valence-corrected chi connectivity index (χ0v) is 24.0. The fourth-order valence-corrected chi connectivity index (χ4v) is 6.74. The number of carbonyl (C=O) groups excluding carboxylic acids is 2.